The summed E-state index contributed by atoms with van der Waals surface area (Å²) in [5, 5.41) is 3.24. The van der Waals surface area contributed by atoms with Gasteiger partial charge in [0.25, 0.3) is 0 Å². The number of methoxy groups -OCH3 is 1. The lowest BCUT2D eigenvalue weighted by molar-refractivity contribution is -0.140. The Hall–Kier alpha value is -0.870. The van der Waals surface area contributed by atoms with Crippen molar-refractivity contribution in [3.05, 3.63) is 34.3 Å². The summed E-state index contributed by atoms with van der Waals surface area (Å²) in [6.45, 7) is 6.58. The first-order valence-corrected chi connectivity index (χ1v) is 9.36. The van der Waals surface area contributed by atoms with Crippen molar-refractivity contribution in [2.24, 2.45) is 4.99 Å². The predicted octanol–water partition coefficient (Wildman–Crippen LogP) is 2.88. The first-order chi connectivity index (χ1) is 12.0. The van der Waals surface area contributed by atoms with Gasteiger partial charge < -0.3 is 15.0 Å². The van der Waals surface area contributed by atoms with E-state index in [2.05, 4.69) is 72.0 Å². The Morgan fingerprint density at radius 1 is 1.27 bits per heavy atom. The Bertz CT molecular complexity index is 589. The second-order valence-electron chi connectivity index (χ2n) is 6.05. The van der Waals surface area contributed by atoms with E-state index >= 15 is 0 Å². The van der Waals surface area contributed by atoms with Crippen molar-refractivity contribution in [1.29, 1.82) is 0 Å². The lowest BCUT2D eigenvalue weighted by atomic mass is 10.1. The van der Waals surface area contributed by atoms with Gasteiger partial charge in [-0.05, 0) is 24.6 Å². The number of nitrogens with one attached hydrogen (secondary N) is 1. The number of carbonyl (C=O) groups is 1. The number of rotatable bonds is 5. The van der Waals surface area contributed by atoms with Crippen LogP contribution in [-0.4, -0.2) is 68.6 Å². The molecule has 1 aromatic rings. The van der Waals surface area contributed by atoms with Crippen molar-refractivity contribution in [3.63, 3.8) is 0 Å². The molecule has 1 unspecified atom stereocenters. The van der Waals surface area contributed by atoms with Crippen LogP contribution in [-0.2, 0) is 9.53 Å². The van der Waals surface area contributed by atoms with E-state index in [0.29, 0.717) is 19.0 Å². The highest BCUT2D eigenvalue weighted by molar-refractivity contribution is 14.0. The minimum absolute atomic E-state index is 0. The normalized spacial score (nSPS) is 16.6. The van der Waals surface area contributed by atoms with Gasteiger partial charge in [0.15, 0.2) is 5.96 Å². The third kappa shape index (κ3) is 6.70. The topological polar surface area (TPSA) is 57.2 Å². The van der Waals surface area contributed by atoms with Crippen LogP contribution in [0.3, 0.4) is 0 Å². The van der Waals surface area contributed by atoms with E-state index in [4.69, 9.17) is 0 Å². The van der Waals surface area contributed by atoms with Crippen molar-refractivity contribution < 1.29 is 9.53 Å². The van der Waals surface area contributed by atoms with Gasteiger partial charge >= 0.3 is 5.97 Å². The number of hydrogen-bond donors (Lipinski definition) is 1. The fraction of sp³-hybridized carbons (Fsp3) is 0.556. The number of nitrogens with zero attached hydrogens (tertiary/aromatic N) is 3. The second-order valence-corrected chi connectivity index (χ2v) is 6.97. The van der Waals surface area contributed by atoms with E-state index in [1.165, 1.54) is 12.7 Å². The van der Waals surface area contributed by atoms with Gasteiger partial charge in [0.05, 0.1) is 13.5 Å². The number of hydrogen-bond acceptors (Lipinski definition) is 4. The zero-order valence-corrected chi connectivity index (χ0v) is 19.5. The number of esters is 1. The zero-order valence-electron chi connectivity index (χ0n) is 15.6. The molecule has 1 atom stereocenters. The van der Waals surface area contributed by atoms with E-state index < -0.39 is 0 Å². The molecule has 0 aromatic heterocycles. The molecule has 146 valence electrons. The van der Waals surface area contributed by atoms with Crippen LogP contribution in [0.5, 0.6) is 0 Å². The molecule has 1 aliphatic heterocycles. The lowest BCUT2D eigenvalue weighted by Gasteiger charge is -2.39. The molecule has 1 N–H and O–H groups in total. The zero-order chi connectivity index (χ0) is 18.2. The van der Waals surface area contributed by atoms with Gasteiger partial charge in [-0.15, -0.1) is 24.0 Å². The minimum Gasteiger partial charge on any atom is -0.469 e. The monoisotopic (exact) mass is 538 g/mol. The molecule has 0 saturated carbocycles. The fourth-order valence-corrected chi connectivity index (χ4v) is 3.25. The quantitative estimate of drug-likeness (QED) is 0.270. The maximum Gasteiger partial charge on any atom is 0.307 e. The highest BCUT2D eigenvalue weighted by Gasteiger charge is 2.23. The number of aliphatic imine (C=N–C) groups is 1. The molecule has 1 fully saturated rings. The van der Waals surface area contributed by atoms with Gasteiger partial charge in [0.1, 0.15) is 0 Å². The van der Waals surface area contributed by atoms with Crippen molar-refractivity contribution >= 4 is 51.8 Å². The Morgan fingerprint density at radius 2 is 1.88 bits per heavy atom. The molecule has 1 aromatic carbocycles. The molecule has 0 spiro atoms. The van der Waals surface area contributed by atoms with Crippen LogP contribution >= 0.6 is 39.9 Å². The molecule has 2 rings (SSSR count). The summed E-state index contributed by atoms with van der Waals surface area (Å²) in [6, 6.07) is 8.93. The summed E-state index contributed by atoms with van der Waals surface area (Å²) in [4.78, 5) is 20.3. The van der Waals surface area contributed by atoms with Gasteiger partial charge in [-0.1, -0.05) is 28.1 Å². The summed E-state index contributed by atoms with van der Waals surface area (Å²) >= 11 is 3.49. The minimum atomic E-state index is -0.212. The first kappa shape index (κ1) is 23.2. The van der Waals surface area contributed by atoms with E-state index in [-0.39, 0.29) is 29.9 Å². The van der Waals surface area contributed by atoms with E-state index in [1.54, 1.807) is 7.05 Å². The summed E-state index contributed by atoms with van der Waals surface area (Å²) in [5.41, 5.74) is 1.33. The summed E-state index contributed by atoms with van der Waals surface area (Å²) in [5.74, 6) is 0.635. The number of benzene rings is 1. The highest BCUT2D eigenvalue weighted by Crippen LogP contribution is 2.23. The van der Waals surface area contributed by atoms with Crippen molar-refractivity contribution in [3.8, 4) is 0 Å². The Morgan fingerprint density at radius 3 is 2.42 bits per heavy atom. The first-order valence-electron chi connectivity index (χ1n) is 8.57. The van der Waals surface area contributed by atoms with Crippen LogP contribution in [0.25, 0.3) is 0 Å². The third-order valence-corrected chi connectivity index (χ3v) is 5.09. The van der Waals surface area contributed by atoms with E-state index in [9.17, 15) is 4.79 Å². The summed E-state index contributed by atoms with van der Waals surface area (Å²) in [7, 11) is 3.18. The molecular formula is C18H28BrIN4O2. The summed E-state index contributed by atoms with van der Waals surface area (Å²) < 4.78 is 5.77. The highest BCUT2D eigenvalue weighted by atomic mass is 127. The molecule has 1 heterocycles. The lowest BCUT2D eigenvalue weighted by Crippen LogP contribution is -2.53. The van der Waals surface area contributed by atoms with E-state index in [0.717, 1.165) is 36.6 Å². The van der Waals surface area contributed by atoms with Gasteiger partial charge in [0.2, 0.25) is 0 Å². The van der Waals surface area contributed by atoms with E-state index in [1.807, 2.05) is 0 Å². The molecule has 6 nitrogen and oxygen atoms in total. The fourth-order valence-electron chi connectivity index (χ4n) is 2.98. The predicted molar refractivity (Wildman–Crippen MR) is 119 cm³/mol. The van der Waals surface area contributed by atoms with Crippen molar-refractivity contribution in [1.82, 2.24) is 15.1 Å². The van der Waals surface area contributed by atoms with Gasteiger partial charge in [-0.2, -0.15) is 0 Å². The van der Waals surface area contributed by atoms with Crippen LogP contribution in [0.15, 0.2) is 33.7 Å². The number of ether oxygens (including phenoxy) is 1. The maximum absolute atomic E-state index is 11.2. The number of carbonyl (C=O) groups excluding carboxylic acids is 1. The molecule has 1 aliphatic rings. The van der Waals surface area contributed by atoms with Crippen LogP contribution in [0.2, 0.25) is 0 Å². The molecule has 0 bridgehead atoms. The molecular weight excluding hydrogens is 511 g/mol. The summed E-state index contributed by atoms with van der Waals surface area (Å²) in [6.07, 6.45) is 0.343. The Labute approximate surface area is 181 Å². The Kier molecular flexibility index (Phi) is 10.5. The molecule has 0 amide bonds. The smallest absolute Gasteiger partial charge is 0.307 e. The third-order valence-electron chi connectivity index (χ3n) is 4.57. The number of piperazine rings is 1. The second kappa shape index (κ2) is 11.8. The van der Waals surface area contributed by atoms with Crippen LogP contribution in [0.4, 0.5) is 0 Å². The molecule has 0 radical (unpaired) electrons. The average molecular weight is 539 g/mol. The standard InChI is InChI=1S/C18H27BrN4O2.HI/c1-14(15-4-6-16(19)7-5-15)22-10-12-23(13-11-22)18(20-2)21-9-8-17(24)25-3;/h4-7,14H,8-13H2,1-3H3,(H,20,21);1H. The van der Waals surface area contributed by atoms with Crippen LogP contribution in [0.1, 0.15) is 24.9 Å². The SMILES string of the molecule is CN=C(NCCC(=O)OC)N1CCN(C(C)c2ccc(Br)cc2)CC1.I. The average Bonchev–Trinajstić information content (AvgIpc) is 2.65. The van der Waals surface area contributed by atoms with Crippen molar-refractivity contribution in [2.75, 3.05) is 46.9 Å². The molecule has 8 heteroatoms. The maximum atomic E-state index is 11.2. The Balaban J connectivity index is 0.00000338. The molecule has 0 aliphatic carbocycles. The number of halogens is 2. The van der Waals surface area contributed by atoms with Gasteiger partial charge in [0, 0.05) is 50.3 Å². The number of guanidine groups is 1. The molecule has 26 heavy (non-hydrogen) atoms. The van der Waals surface area contributed by atoms with Crippen molar-refractivity contribution in [2.45, 2.75) is 19.4 Å². The van der Waals surface area contributed by atoms with Crippen LogP contribution < -0.4 is 5.32 Å². The van der Waals surface area contributed by atoms with Crippen LogP contribution in [0, 0.1) is 0 Å². The largest absolute Gasteiger partial charge is 0.469 e. The molecule has 1 saturated heterocycles. The van der Waals surface area contributed by atoms with Gasteiger partial charge in [-0.25, -0.2) is 0 Å². The van der Waals surface area contributed by atoms with Gasteiger partial charge in [-0.3, -0.25) is 14.7 Å².